The van der Waals surface area contributed by atoms with Crippen LogP contribution in [0.5, 0.6) is 0 Å². The lowest BCUT2D eigenvalue weighted by Crippen LogP contribution is -2.33. The summed E-state index contributed by atoms with van der Waals surface area (Å²) in [6.45, 7) is 3.51. The molecule has 0 aliphatic carbocycles. The molecule has 8 nitrogen and oxygen atoms in total. The van der Waals surface area contributed by atoms with Crippen molar-refractivity contribution in [3.8, 4) is 11.3 Å². The number of aromatic nitrogens is 2. The van der Waals surface area contributed by atoms with Crippen LogP contribution in [0.4, 0.5) is 11.4 Å². The summed E-state index contributed by atoms with van der Waals surface area (Å²) >= 11 is 0. The van der Waals surface area contributed by atoms with E-state index in [0.29, 0.717) is 5.69 Å². The van der Waals surface area contributed by atoms with Crippen molar-refractivity contribution in [3.05, 3.63) is 86.7 Å². The quantitative estimate of drug-likeness (QED) is 0.541. The third-order valence-electron chi connectivity index (χ3n) is 4.24. The van der Waals surface area contributed by atoms with E-state index in [2.05, 4.69) is 10.4 Å². The summed E-state index contributed by atoms with van der Waals surface area (Å²) in [6.07, 6.45) is 0. The Balaban J connectivity index is 1.86. The van der Waals surface area contributed by atoms with E-state index >= 15 is 0 Å². The predicted octanol–water partition coefficient (Wildman–Crippen LogP) is 3.33. The van der Waals surface area contributed by atoms with E-state index in [-0.39, 0.29) is 11.4 Å². The molecule has 0 aliphatic heterocycles. The van der Waals surface area contributed by atoms with Gasteiger partial charge in [0.05, 0.1) is 10.6 Å². The Hall–Kier alpha value is -3.81. The Morgan fingerprint density at radius 3 is 2.54 bits per heavy atom. The molecule has 0 aliphatic rings. The van der Waals surface area contributed by atoms with E-state index < -0.39 is 22.4 Å². The van der Waals surface area contributed by atoms with E-state index in [1.807, 2.05) is 31.2 Å². The second kappa shape index (κ2) is 7.83. The average Bonchev–Trinajstić information content (AvgIpc) is 2.68. The van der Waals surface area contributed by atoms with Gasteiger partial charge in [0.25, 0.3) is 11.2 Å². The van der Waals surface area contributed by atoms with Gasteiger partial charge in [-0.2, -0.15) is 5.10 Å². The van der Waals surface area contributed by atoms with Crippen molar-refractivity contribution in [3.63, 3.8) is 0 Å². The van der Waals surface area contributed by atoms with Crippen molar-refractivity contribution >= 4 is 17.3 Å². The Kier molecular flexibility index (Phi) is 5.30. The summed E-state index contributed by atoms with van der Waals surface area (Å²) in [5.41, 5.74) is 2.20. The van der Waals surface area contributed by atoms with Gasteiger partial charge in [-0.15, -0.1) is 0 Å². The number of rotatable bonds is 5. The highest BCUT2D eigenvalue weighted by molar-refractivity contribution is 5.93. The van der Waals surface area contributed by atoms with Gasteiger partial charge in [0.1, 0.15) is 6.04 Å². The molecule has 0 saturated heterocycles. The van der Waals surface area contributed by atoms with Crippen LogP contribution in [-0.4, -0.2) is 20.6 Å². The molecule has 1 aromatic heterocycles. The monoisotopic (exact) mass is 378 g/mol. The molecule has 1 amide bonds. The van der Waals surface area contributed by atoms with Gasteiger partial charge in [-0.05, 0) is 26.0 Å². The molecule has 3 aromatic rings. The molecule has 3 rings (SSSR count). The molecule has 1 atom stereocenters. The molecule has 2 aromatic carbocycles. The fourth-order valence-corrected chi connectivity index (χ4v) is 2.64. The van der Waals surface area contributed by atoms with Crippen molar-refractivity contribution < 1.29 is 9.72 Å². The number of carbonyl (C=O) groups is 1. The summed E-state index contributed by atoms with van der Waals surface area (Å²) in [4.78, 5) is 35.1. The number of amides is 1. The van der Waals surface area contributed by atoms with Crippen molar-refractivity contribution in [1.82, 2.24) is 9.78 Å². The van der Waals surface area contributed by atoms with E-state index in [1.165, 1.54) is 30.3 Å². The smallest absolute Gasteiger partial charge is 0.271 e. The molecule has 1 unspecified atom stereocenters. The van der Waals surface area contributed by atoms with Crippen LogP contribution >= 0.6 is 0 Å². The van der Waals surface area contributed by atoms with E-state index in [9.17, 15) is 19.7 Å². The van der Waals surface area contributed by atoms with Gasteiger partial charge in [-0.1, -0.05) is 35.9 Å². The number of nitrogens with one attached hydrogen (secondary N) is 1. The lowest BCUT2D eigenvalue weighted by molar-refractivity contribution is -0.384. The van der Waals surface area contributed by atoms with Crippen LogP contribution in [0.25, 0.3) is 11.3 Å². The first-order valence-electron chi connectivity index (χ1n) is 8.57. The van der Waals surface area contributed by atoms with Crippen molar-refractivity contribution in [2.45, 2.75) is 19.9 Å². The standard InChI is InChI=1S/C20H18N4O4/c1-13-6-8-15(9-7-13)18-10-11-19(25)23(22-18)14(2)20(26)21-16-4-3-5-17(12-16)24(27)28/h3-12,14H,1-2H3,(H,21,26). The number of benzene rings is 2. The number of non-ortho nitro benzene ring substituents is 1. The molecular formula is C20H18N4O4. The van der Waals surface area contributed by atoms with Gasteiger partial charge in [0, 0.05) is 29.4 Å². The Morgan fingerprint density at radius 2 is 1.86 bits per heavy atom. The maximum Gasteiger partial charge on any atom is 0.271 e. The van der Waals surface area contributed by atoms with Crippen molar-refractivity contribution in [2.75, 3.05) is 5.32 Å². The summed E-state index contributed by atoms with van der Waals surface area (Å²) in [7, 11) is 0. The number of nitro benzene ring substituents is 1. The fourth-order valence-electron chi connectivity index (χ4n) is 2.64. The molecule has 1 N–H and O–H groups in total. The third kappa shape index (κ3) is 4.12. The Bertz CT molecular complexity index is 1090. The van der Waals surface area contributed by atoms with Crippen molar-refractivity contribution in [1.29, 1.82) is 0 Å². The minimum Gasteiger partial charge on any atom is -0.324 e. The van der Waals surface area contributed by atoms with E-state index in [0.717, 1.165) is 15.8 Å². The summed E-state index contributed by atoms with van der Waals surface area (Å²) in [5, 5.41) is 17.8. The largest absolute Gasteiger partial charge is 0.324 e. The zero-order chi connectivity index (χ0) is 20.3. The molecule has 142 valence electrons. The molecule has 0 bridgehead atoms. The van der Waals surface area contributed by atoms with Crippen LogP contribution in [0.3, 0.4) is 0 Å². The van der Waals surface area contributed by atoms with Crippen LogP contribution < -0.4 is 10.9 Å². The highest BCUT2D eigenvalue weighted by Crippen LogP contribution is 2.19. The number of nitro groups is 1. The molecule has 1 heterocycles. The van der Waals surface area contributed by atoms with Gasteiger partial charge in [0.15, 0.2) is 0 Å². The average molecular weight is 378 g/mol. The highest BCUT2D eigenvalue weighted by atomic mass is 16.6. The second-order valence-corrected chi connectivity index (χ2v) is 6.34. The molecule has 0 spiro atoms. The number of carbonyl (C=O) groups excluding carboxylic acids is 1. The fraction of sp³-hybridized carbons (Fsp3) is 0.150. The Morgan fingerprint density at radius 1 is 1.14 bits per heavy atom. The SMILES string of the molecule is Cc1ccc(-c2ccc(=O)n(C(C)C(=O)Nc3cccc([N+](=O)[O-])c3)n2)cc1. The van der Waals surface area contributed by atoms with Gasteiger partial charge in [-0.3, -0.25) is 19.7 Å². The second-order valence-electron chi connectivity index (χ2n) is 6.34. The first-order chi connectivity index (χ1) is 13.3. The first-order valence-corrected chi connectivity index (χ1v) is 8.57. The normalized spacial score (nSPS) is 11.6. The number of aryl methyl sites for hydroxylation is 1. The predicted molar refractivity (Wildman–Crippen MR) is 105 cm³/mol. The molecule has 0 radical (unpaired) electrons. The minimum absolute atomic E-state index is 0.137. The maximum absolute atomic E-state index is 12.6. The summed E-state index contributed by atoms with van der Waals surface area (Å²) in [5.74, 6) is -0.504. The van der Waals surface area contributed by atoms with Crippen molar-refractivity contribution in [2.24, 2.45) is 0 Å². The van der Waals surface area contributed by atoms with Crippen LogP contribution in [0.2, 0.25) is 0 Å². The number of anilines is 1. The number of hydrogen-bond acceptors (Lipinski definition) is 5. The summed E-state index contributed by atoms with van der Waals surface area (Å²) < 4.78 is 1.10. The van der Waals surface area contributed by atoms with Crippen LogP contribution in [0.15, 0.2) is 65.5 Å². The first kappa shape index (κ1) is 19.0. The van der Waals surface area contributed by atoms with Crippen LogP contribution in [0.1, 0.15) is 18.5 Å². The van der Waals surface area contributed by atoms with Gasteiger partial charge in [0.2, 0.25) is 5.91 Å². The number of nitrogens with zero attached hydrogens (tertiary/aromatic N) is 3. The number of hydrogen-bond donors (Lipinski definition) is 1. The summed E-state index contributed by atoms with van der Waals surface area (Å²) in [6, 6.07) is 15.3. The van der Waals surface area contributed by atoms with Crippen LogP contribution in [0, 0.1) is 17.0 Å². The molecular weight excluding hydrogens is 360 g/mol. The van der Waals surface area contributed by atoms with Gasteiger partial charge >= 0.3 is 0 Å². The Labute approximate surface area is 160 Å². The molecule has 0 saturated carbocycles. The topological polar surface area (TPSA) is 107 Å². The van der Waals surface area contributed by atoms with E-state index in [4.69, 9.17) is 0 Å². The lowest BCUT2D eigenvalue weighted by atomic mass is 10.1. The molecule has 0 fully saturated rings. The zero-order valence-electron chi connectivity index (χ0n) is 15.3. The zero-order valence-corrected chi connectivity index (χ0v) is 15.3. The maximum atomic E-state index is 12.6. The van der Waals surface area contributed by atoms with Gasteiger partial charge in [-0.25, -0.2) is 4.68 Å². The molecule has 8 heteroatoms. The van der Waals surface area contributed by atoms with Crippen LogP contribution in [-0.2, 0) is 4.79 Å². The third-order valence-corrected chi connectivity index (χ3v) is 4.24. The van der Waals surface area contributed by atoms with Gasteiger partial charge < -0.3 is 5.32 Å². The molecule has 28 heavy (non-hydrogen) atoms. The van der Waals surface area contributed by atoms with E-state index in [1.54, 1.807) is 13.0 Å². The minimum atomic E-state index is -0.905. The lowest BCUT2D eigenvalue weighted by Gasteiger charge is -2.15. The highest BCUT2D eigenvalue weighted by Gasteiger charge is 2.19.